The minimum atomic E-state index is -4.29. The maximum atomic E-state index is 14.6. The van der Waals surface area contributed by atoms with Gasteiger partial charge in [-0.1, -0.05) is 5.21 Å². The Bertz CT molecular complexity index is 1250. The first kappa shape index (κ1) is 21.3. The lowest BCUT2D eigenvalue weighted by molar-refractivity contribution is -0.134. The summed E-state index contributed by atoms with van der Waals surface area (Å²) in [5, 5.41) is 14.7. The van der Waals surface area contributed by atoms with Crippen molar-refractivity contribution >= 4 is 16.8 Å². The van der Waals surface area contributed by atoms with Crippen molar-refractivity contribution in [3.8, 4) is 11.3 Å². The summed E-state index contributed by atoms with van der Waals surface area (Å²) in [5.41, 5.74) is 1.25. The van der Waals surface area contributed by atoms with Gasteiger partial charge in [0.1, 0.15) is 5.69 Å². The molecule has 1 N–H and O–H groups in total. The number of furan rings is 1. The highest BCUT2D eigenvalue weighted by Crippen LogP contribution is 2.35. The molecule has 33 heavy (non-hydrogen) atoms. The van der Waals surface area contributed by atoms with Crippen molar-refractivity contribution in [2.75, 3.05) is 18.0 Å². The molecule has 0 spiro atoms. The predicted octanol–water partition coefficient (Wildman–Crippen LogP) is 4.42. The van der Waals surface area contributed by atoms with Crippen molar-refractivity contribution in [2.45, 2.75) is 37.8 Å². The summed E-state index contributed by atoms with van der Waals surface area (Å²) in [6.45, 7) is 1.14. The zero-order valence-electron chi connectivity index (χ0n) is 17.3. The van der Waals surface area contributed by atoms with Crippen LogP contribution in [0.15, 0.2) is 35.1 Å². The standard InChI is InChI=1S/C21H19F4N7O/c22-16-10-14(9-13-4-8-33-18(13)16)17-20(27-15(11-26-17)1-5-21(23,24)25)32-6-2-12(3-7-32)19-28-30-31-29-19/h4,8-12H,1-3,5-7H2,(H,28,29,30,31). The number of hydrogen-bond acceptors (Lipinski definition) is 7. The Morgan fingerprint density at radius 3 is 2.73 bits per heavy atom. The Balaban J connectivity index is 1.48. The van der Waals surface area contributed by atoms with E-state index in [2.05, 4.69) is 30.6 Å². The summed E-state index contributed by atoms with van der Waals surface area (Å²) in [5.74, 6) is 0.637. The highest BCUT2D eigenvalue weighted by Gasteiger charge is 2.29. The Hall–Kier alpha value is -3.57. The first-order valence-electron chi connectivity index (χ1n) is 10.5. The molecule has 0 radical (unpaired) electrons. The molecular weight excluding hydrogens is 442 g/mol. The molecule has 0 aliphatic carbocycles. The fraction of sp³-hybridized carbons (Fsp3) is 0.381. The van der Waals surface area contributed by atoms with E-state index in [4.69, 9.17) is 4.42 Å². The quantitative estimate of drug-likeness (QED) is 0.440. The summed E-state index contributed by atoms with van der Waals surface area (Å²) < 4.78 is 58.0. The molecule has 1 aromatic carbocycles. The number of fused-ring (bicyclic) bond motifs is 1. The fourth-order valence-corrected chi connectivity index (χ4v) is 4.10. The number of alkyl halides is 3. The number of hydrogen-bond donors (Lipinski definition) is 1. The number of tetrazole rings is 1. The minimum Gasteiger partial charge on any atom is -0.461 e. The summed E-state index contributed by atoms with van der Waals surface area (Å²) in [4.78, 5) is 10.9. The van der Waals surface area contributed by atoms with E-state index >= 15 is 0 Å². The van der Waals surface area contributed by atoms with Crippen LogP contribution < -0.4 is 4.90 Å². The van der Waals surface area contributed by atoms with Gasteiger partial charge in [0.2, 0.25) is 0 Å². The maximum Gasteiger partial charge on any atom is 0.389 e. The molecule has 1 aliphatic rings. The second-order valence-corrected chi connectivity index (χ2v) is 7.98. The van der Waals surface area contributed by atoms with Crippen molar-refractivity contribution in [1.82, 2.24) is 30.6 Å². The molecule has 4 heterocycles. The van der Waals surface area contributed by atoms with Gasteiger partial charge in [-0.15, -0.1) is 10.2 Å². The van der Waals surface area contributed by atoms with E-state index in [0.29, 0.717) is 54.2 Å². The lowest BCUT2D eigenvalue weighted by Gasteiger charge is -2.32. The van der Waals surface area contributed by atoms with E-state index in [1.165, 1.54) is 18.5 Å². The van der Waals surface area contributed by atoms with Crippen molar-refractivity contribution in [1.29, 1.82) is 0 Å². The molecule has 3 aromatic heterocycles. The first-order valence-corrected chi connectivity index (χ1v) is 10.5. The Morgan fingerprint density at radius 2 is 2.00 bits per heavy atom. The van der Waals surface area contributed by atoms with E-state index < -0.39 is 18.4 Å². The number of H-pyrrole nitrogens is 1. The van der Waals surface area contributed by atoms with Crippen molar-refractivity contribution < 1.29 is 22.0 Å². The number of rotatable bonds is 5. The highest BCUT2D eigenvalue weighted by atomic mass is 19.4. The number of nitrogens with zero attached hydrogens (tertiary/aromatic N) is 6. The van der Waals surface area contributed by atoms with Crippen LogP contribution in [0.3, 0.4) is 0 Å². The topological polar surface area (TPSA) is 96.6 Å². The molecule has 12 heteroatoms. The lowest BCUT2D eigenvalue weighted by Crippen LogP contribution is -2.34. The van der Waals surface area contributed by atoms with Gasteiger partial charge in [0.25, 0.3) is 0 Å². The van der Waals surface area contributed by atoms with Crippen LogP contribution in [0.5, 0.6) is 0 Å². The lowest BCUT2D eigenvalue weighted by atomic mass is 9.96. The number of halogens is 4. The van der Waals surface area contributed by atoms with Crippen LogP contribution in [0.2, 0.25) is 0 Å². The van der Waals surface area contributed by atoms with E-state index in [-0.39, 0.29) is 23.6 Å². The molecule has 1 fully saturated rings. The number of anilines is 1. The van der Waals surface area contributed by atoms with E-state index in [0.717, 1.165) is 0 Å². The van der Waals surface area contributed by atoms with Gasteiger partial charge in [-0.05, 0) is 37.5 Å². The third-order valence-corrected chi connectivity index (χ3v) is 5.77. The highest BCUT2D eigenvalue weighted by molar-refractivity contribution is 5.85. The number of piperidine rings is 1. The summed E-state index contributed by atoms with van der Waals surface area (Å²) in [7, 11) is 0. The van der Waals surface area contributed by atoms with Crippen LogP contribution in [0, 0.1) is 5.82 Å². The van der Waals surface area contributed by atoms with Crippen LogP contribution in [-0.2, 0) is 6.42 Å². The Morgan fingerprint density at radius 1 is 1.18 bits per heavy atom. The number of aryl methyl sites for hydroxylation is 1. The normalized spacial score (nSPS) is 15.5. The molecule has 0 bridgehead atoms. The maximum absolute atomic E-state index is 14.6. The van der Waals surface area contributed by atoms with Crippen molar-refractivity contribution in [3.05, 3.63) is 48.0 Å². The fourth-order valence-electron chi connectivity index (χ4n) is 4.10. The first-order chi connectivity index (χ1) is 15.9. The molecule has 1 aliphatic heterocycles. The van der Waals surface area contributed by atoms with Gasteiger partial charge in [0, 0.05) is 42.6 Å². The molecule has 5 rings (SSSR count). The Labute approximate surface area is 185 Å². The molecule has 1 saturated heterocycles. The zero-order valence-corrected chi connectivity index (χ0v) is 17.3. The van der Waals surface area contributed by atoms with E-state index in [9.17, 15) is 17.6 Å². The number of aromatic nitrogens is 6. The predicted molar refractivity (Wildman–Crippen MR) is 110 cm³/mol. The van der Waals surface area contributed by atoms with Crippen LogP contribution in [0.4, 0.5) is 23.4 Å². The van der Waals surface area contributed by atoms with Gasteiger partial charge in [0.15, 0.2) is 23.0 Å². The van der Waals surface area contributed by atoms with Crippen LogP contribution >= 0.6 is 0 Å². The summed E-state index contributed by atoms with van der Waals surface area (Å²) >= 11 is 0. The average molecular weight is 461 g/mol. The van der Waals surface area contributed by atoms with E-state index in [1.54, 1.807) is 12.1 Å². The van der Waals surface area contributed by atoms with Gasteiger partial charge < -0.3 is 9.32 Å². The SMILES string of the molecule is Fc1cc(-c2ncc(CCC(F)(F)F)nc2N2CCC(c3nn[nH]n3)CC2)cc2ccoc12. The number of aromatic amines is 1. The molecule has 8 nitrogen and oxygen atoms in total. The number of nitrogens with one attached hydrogen (secondary N) is 1. The second kappa shape index (κ2) is 8.41. The zero-order chi connectivity index (χ0) is 23.0. The molecule has 0 unspecified atom stereocenters. The number of benzene rings is 1. The molecule has 4 aromatic rings. The average Bonchev–Trinajstić information content (AvgIpc) is 3.50. The summed E-state index contributed by atoms with van der Waals surface area (Å²) in [6.07, 6.45) is -1.42. The van der Waals surface area contributed by atoms with Crippen LogP contribution in [-0.4, -0.2) is 49.9 Å². The molecular formula is C21H19F4N7O. The van der Waals surface area contributed by atoms with Gasteiger partial charge in [-0.3, -0.25) is 4.98 Å². The van der Waals surface area contributed by atoms with E-state index in [1.807, 2.05) is 4.90 Å². The van der Waals surface area contributed by atoms with Crippen molar-refractivity contribution in [2.24, 2.45) is 0 Å². The molecule has 172 valence electrons. The second-order valence-electron chi connectivity index (χ2n) is 7.98. The molecule has 0 saturated carbocycles. The monoisotopic (exact) mass is 461 g/mol. The van der Waals surface area contributed by atoms with Crippen LogP contribution in [0.1, 0.15) is 36.7 Å². The largest absolute Gasteiger partial charge is 0.461 e. The summed E-state index contributed by atoms with van der Waals surface area (Å²) in [6, 6.07) is 4.68. The van der Waals surface area contributed by atoms with Crippen molar-refractivity contribution in [3.63, 3.8) is 0 Å². The third-order valence-electron chi connectivity index (χ3n) is 5.77. The molecule has 0 atom stereocenters. The smallest absolute Gasteiger partial charge is 0.389 e. The van der Waals surface area contributed by atoms with Gasteiger partial charge >= 0.3 is 6.18 Å². The Kier molecular flexibility index (Phi) is 5.43. The minimum absolute atomic E-state index is 0.115. The van der Waals surface area contributed by atoms with Gasteiger partial charge in [0.05, 0.1) is 12.0 Å². The molecule has 0 amide bonds. The van der Waals surface area contributed by atoms with Gasteiger partial charge in [-0.2, -0.15) is 18.4 Å². The third kappa shape index (κ3) is 4.50. The van der Waals surface area contributed by atoms with Gasteiger partial charge in [-0.25, -0.2) is 9.37 Å². The van der Waals surface area contributed by atoms with Crippen LogP contribution in [0.25, 0.3) is 22.2 Å².